The molecule has 3 N–H and O–H groups in total. The molecule has 1 amide bonds. The minimum Gasteiger partial charge on any atom is -0.368 e. The number of primary amides is 1. The minimum atomic E-state index is -0.559. The number of hydrogen-bond donors (Lipinski definition) is 2. The number of thiazole rings is 1. The van der Waals surface area contributed by atoms with Crippen molar-refractivity contribution in [3.05, 3.63) is 44.8 Å². The van der Waals surface area contributed by atoms with E-state index in [0.29, 0.717) is 0 Å². The predicted octanol–water partition coefficient (Wildman–Crippen LogP) is 2.85. The fraction of sp³-hybridized carbons (Fsp3) is 0.167. The van der Waals surface area contributed by atoms with Crippen molar-refractivity contribution in [2.24, 2.45) is 5.73 Å². The number of halogens is 1. The first-order chi connectivity index (χ1) is 8.59. The van der Waals surface area contributed by atoms with Gasteiger partial charge in [0.2, 0.25) is 5.91 Å². The van der Waals surface area contributed by atoms with Gasteiger partial charge in [-0.1, -0.05) is 12.1 Å². The molecular formula is C12H12BrN3OS. The zero-order chi connectivity index (χ0) is 13.1. The van der Waals surface area contributed by atoms with Gasteiger partial charge in [-0.15, -0.1) is 11.3 Å². The van der Waals surface area contributed by atoms with Gasteiger partial charge in [0.15, 0.2) is 0 Å². The quantitative estimate of drug-likeness (QED) is 0.908. The smallest absolute Gasteiger partial charge is 0.245 e. The number of rotatable bonds is 4. The molecule has 2 aromatic rings. The summed E-state index contributed by atoms with van der Waals surface area (Å²) in [5.41, 5.74) is 8.82. The van der Waals surface area contributed by atoms with Crippen molar-refractivity contribution in [1.29, 1.82) is 0 Å². The number of aryl methyl sites for hydroxylation is 1. The van der Waals surface area contributed by atoms with Crippen molar-refractivity contribution in [3.8, 4) is 0 Å². The molecule has 94 valence electrons. The van der Waals surface area contributed by atoms with Crippen LogP contribution in [0.2, 0.25) is 0 Å². The third-order valence-electron chi connectivity index (χ3n) is 2.50. The fourth-order valence-corrected chi connectivity index (χ4v) is 2.85. The highest BCUT2D eigenvalue weighted by atomic mass is 79.9. The molecule has 1 heterocycles. The first-order valence-electron chi connectivity index (χ1n) is 5.30. The van der Waals surface area contributed by atoms with Crippen LogP contribution in [0.4, 0.5) is 5.69 Å². The third-order valence-corrected chi connectivity index (χ3v) is 4.19. The molecule has 0 aliphatic carbocycles. The first-order valence-corrected chi connectivity index (χ1v) is 6.97. The summed E-state index contributed by atoms with van der Waals surface area (Å²) in [6.07, 6.45) is 0. The lowest BCUT2D eigenvalue weighted by Crippen LogP contribution is -2.27. The molecule has 1 aromatic carbocycles. The SMILES string of the molecule is Cc1ncsc1C(Nc1ccccc1Br)C(N)=O. The summed E-state index contributed by atoms with van der Waals surface area (Å²) >= 11 is 4.85. The largest absolute Gasteiger partial charge is 0.368 e. The molecular weight excluding hydrogens is 314 g/mol. The molecule has 2 rings (SSSR count). The van der Waals surface area contributed by atoms with Gasteiger partial charge in [0.25, 0.3) is 0 Å². The molecule has 6 heteroatoms. The van der Waals surface area contributed by atoms with Crippen LogP contribution >= 0.6 is 27.3 Å². The predicted molar refractivity (Wildman–Crippen MR) is 76.6 cm³/mol. The molecule has 0 radical (unpaired) electrons. The van der Waals surface area contributed by atoms with Crippen LogP contribution in [-0.2, 0) is 4.79 Å². The number of anilines is 1. The van der Waals surface area contributed by atoms with Gasteiger partial charge in [-0.05, 0) is 35.0 Å². The average molecular weight is 326 g/mol. The molecule has 4 nitrogen and oxygen atoms in total. The summed E-state index contributed by atoms with van der Waals surface area (Å²) < 4.78 is 0.887. The van der Waals surface area contributed by atoms with Gasteiger partial charge in [-0.2, -0.15) is 0 Å². The van der Waals surface area contributed by atoms with Crippen molar-refractivity contribution < 1.29 is 4.79 Å². The minimum absolute atomic E-state index is 0.418. The zero-order valence-corrected chi connectivity index (χ0v) is 12.1. The van der Waals surface area contributed by atoms with Crippen LogP contribution in [-0.4, -0.2) is 10.9 Å². The standard InChI is InChI=1S/C12H12BrN3OS/c1-7-11(18-6-15-7)10(12(14)17)16-9-5-3-2-4-8(9)13/h2-6,10,16H,1H3,(H2,14,17). The van der Waals surface area contributed by atoms with Gasteiger partial charge < -0.3 is 11.1 Å². The number of hydrogen-bond acceptors (Lipinski definition) is 4. The lowest BCUT2D eigenvalue weighted by atomic mass is 10.2. The van der Waals surface area contributed by atoms with Gasteiger partial charge >= 0.3 is 0 Å². The topological polar surface area (TPSA) is 68.0 Å². The van der Waals surface area contributed by atoms with E-state index < -0.39 is 11.9 Å². The Hall–Kier alpha value is -1.40. The van der Waals surface area contributed by atoms with Crippen molar-refractivity contribution in [1.82, 2.24) is 4.98 Å². The summed E-state index contributed by atoms with van der Waals surface area (Å²) in [6.45, 7) is 1.86. The number of carbonyl (C=O) groups excluding carboxylic acids is 1. The fourth-order valence-electron chi connectivity index (χ4n) is 1.59. The van der Waals surface area contributed by atoms with E-state index in [2.05, 4.69) is 26.2 Å². The van der Waals surface area contributed by atoms with E-state index in [4.69, 9.17) is 5.73 Å². The van der Waals surface area contributed by atoms with Crippen LogP contribution in [0.3, 0.4) is 0 Å². The van der Waals surface area contributed by atoms with Crippen LogP contribution < -0.4 is 11.1 Å². The van der Waals surface area contributed by atoms with E-state index in [1.165, 1.54) is 11.3 Å². The Balaban J connectivity index is 2.31. The Kier molecular flexibility index (Phi) is 3.98. The van der Waals surface area contributed by atoms with Gasteiger partial charge in [-0.25, -0.2) is 4.98 Å². The highest BCUT2D eigenvalue weighted by Gasteiger charge is 2.22. The third kappa shape index (κ3) is 2.70. The van der Waals surface area contributed by atoms with Gasteiger partial charge in [0, 0.05) is 10.2 Å². The van der Waals surface area contributed by atoms with Crippen LogP contribution in [0.1, 0.15) is 16.6 Å². The lowest BCUT2D eigenvalue weighted by molar-refractivity contribution is -0.118. The van der Waals surface area contributed by atoms with E-state index >= 15 is 0 Å². The molecule has 0 spiro atoms. The molecule has 0 saturated heterocycles. The first kappa shape index (κ1) is 13.0. The van der Waals surface area contributed by atoms with E-state index in [9.17, 15) is 4.79 Å². The molecule has 0 aliphatic rings. The second kappa shape index (κ2) is 5.49. The zero-order valence-electron chi connectivity index (χ0n) is 9.68. The second-order valence-electron chi connectivity index (χ2n) is 3.76. The Morgan fingerprint density at radius 1 is 1.50 bits per heavy atom. The average Bonchev–Trinajstić information content (AvgIpc) is 2.74. The maximum Gasteiger partial charge on any atom is 0.245 e. The number of para-hydroxylation sites is 1. The van der Waals surface area contributed by atoms with Crippen LogP contribution in [0.25, 0.3) is 0 Å². The maximum atomic E-state index is 11.6. The number of benzene rings is 1. The van der Waals surface area contributed by atoms with Gasteiger partial charge in [0.05, 0.1) is 16.1 Å². The molecule has 0 bridgehead atoms. The summed E-state index contributed by atoms with van der Waals surface area (Å²) in [6, 6.07) is 7.03. The van der Waals surface area contributed by atoms with Crippen LogP contribution in [0.5, 0.6) is 0 Å². The van der Waals surface area contributed by atoms with E-state index in [-0.39, 0.29) is 0 Å². The van der Waals surface area contributed by atoms with Crippen molar-refractivity contribution in [2.75, 3.05) is 5.32 Å². The highest BCUT2D eigenvalue weighted by Crippen LogP contribution is 2.29. The number of nitrogens with two attached hydrogens (primary N) is 1. The molecule has 1 unspecified atom stereocenters. The van der Waals surface area contributed by atoms with Crippen LogP contribution in [0, 0.1) is 6.92 Å². The van der Waals surface area contributed by atoms with Gasteiger partial charge in [0.1, 0.15) is 6.04 Å². The number of amides is 1. The highest BCUT2D eigenvalue weighted by molar-refractivity contribution is 9.10. The van der Waals surface area contributed by atoms with Gasteiger partial charge in [-0.3, -0.25) is 4.79 Å². The van der Waals surface area contributed by atoms with Crippen molar-refractivity contribution in [2.45, 2.75) is 13.0 Å². The van der Waals surface area contributed by atoms with E-state index in [1.807, 2.05) is 31.2 Å². The molecule has 18 heavy (non-hydrogen) atoms. The monoisotopic (exact) mass is 325 g/mol. The molecule has 0 saturated carbocycles. The lowest BCUT2D eigenvalue weighted by Gasteiger charge is -2.16. The summed E-state index contributed by atoms with van der Waals surface area (Å²) in [7, 11) is 0. The van der Waals surface area contributed by atoms with E-state index in [0.717, 1.165) is 20.7 Å². The maximum absolute atomic E-state index is 11.6. The number of carbonyl (C=O) groups is 1. The Labute approximate surface area is 117 Å². The van der Waals surface area contributed by atoms with Crippen molar-refractivity contribution in [3.63, 3.8) is 0 Å². The Bertz CT molecular complexity index is 570. The number of nitrogens with zero attached hydrogens (tertiary/aromatic N) is 1. The number of nitrogens with one attached hydrogen (secondary N) is 1. The summed E-state index contributed by atoms with van der Waals surface area (Å²) in [5, 5.41) is 3.14. The van der Waals surface area contributed by atoms with Crippen LogP contribution in [0.15, 0.2) is 34.2 Å². The molecule has 0 fully saturated rings. The summed E-state index contributed by atoms with van der Waals surface area (Å²) in [5.74, 6) is -0.418. The Morgan fingerprint density at radius 2 is 2.22 bits per heavy atom. The molecule has 0 aliphatic heterocycles. The number of aromatic nitrogens is 1. The summed E-state index contributed by atoms with van der Waals surface area (Å²) in [4.78, 5) is 16.6. The normalized spacial score (nSPS) is 12.1. The van der Waals surface area contributed by atoms with Crippen molar-refractivity contribution >= 4 is 38.9 Å². The molecule has 1 atom stereocenters. The molecule has 1 aromatic heterocycles. The Morgan fingerprint density at radius 3 is 2.78 bits per heavy atom. The second-order valence-corrected chi connectivity index (χ2v) is 5.50. The van der Waals surface area contributed by atoms with E-state index in [1.54, 1.807) is 5.51 Å².